The van der Waals surface area contributed by atoms with E-state index in [2.05, 4.69) is 31.9 Å². The largest absolute Gasteiger partial charge is 0.475 e. The highest BCUT2D eigenvalue weighted by Gasteiger charge is 2.16. The molecule has 6 nitrogen and oxygen atoms in total. The molecule has 172 valence electrons. The minimum atomic E-state index is -1.22. The molecule has 0 spiro atoms. The van der Waals surface area contributed by atoms with E-state index in [9.17, 15) is 18.4 Å². The molecule has 0 saturated carbocycles. The highest BCUT2D eigenvalue weighted by atomic mass is 79.9. The summed E-state index contributed by atoms with van der Waals surface area (Å²) in [5.41, 5.74) is -0.0893. The summed E-state index contributed by atoms with van der Waals surface area (Å²) in [6.07, 6.45) is 0. The van der Waals surface area contributed by atoms with E-state index in [0.29, 0.717) is 19.7 Å². The summed E-state index contributed by atoms with van der Waals surface area (Å²) in [5.74, 6) is -4.12. The molecule has 0 aliphatic heterocycles. The fourth-order valence-corrected chi connectivity index (χ4v) is 3.18. The minimum Gasteiger partial charge on any atom is -0.475 e. The Hall–Kier alpha value is -2.72. The molecular formula is C22H20Br2F2O6. The van der Waals surface area contributed by atoms with Gasteiger partial charge in [0.25, 0.3) is 0 Å². The molecule has 0 saturated heterocycles. The van der Waals surface area contributed by atoms with Crippen LogP contribution in [-0.4, -0.2) is 22.2 Å². The van der Waals surface area contributed by atoms with Gasteiger partial charge in [-0.1, -0.05) is 59.6 Å². The molecule has 2 heterocycles. The summed E-state index contributed by atoms with van der Waals surface area (Å²) >= 11 is 6.35. The van der Waals surface area contributed by atoms with Crippen molar-refractivity contribution in [2.75, 3.05) is 0 Å². The standard InChI is InChI=1S/2C9H4BrFO3.2C2H6/c2*10-5-1-2-6(11)8-4(5)3-7(14-8)9(12)13;2*1-2/h2*1-3H,(H,12,13);2*1-2H3. The lowest BCUT2D eigenvalue weighted by Gasteiger charge is -1.92. The third kappa shape index (κ3) is 6.17. The van der Waals surface area contributed by atoms with Crippen molar-refractivity contribution in [3.8, 4) is 0 Å². The highest BCUT2D eigenvalue weighted by Crippen LogP contribution is 2.30. The number of hydrogen-bond donors (Lipinski definition) is 2. The molecule has 10 heteroatoms. The molecule has 0 unspecified atom stereocenters. The van der Waals surface area contributed by atoms with Gasteiger partial charge < -0.3 is 19.0 Å². The van der Waals surface area contributed by atoms with Crippen molar-refractivity contribution in [3.05, 3.63) is 68.5 Å². The van der Waals surface area contributed by atoms with E-state index in [1.807, 2.05) is 27.7 Å². The molecule has 0 atom stereocenters. The van der Waals surface area contributed by atoms with Crippen LogP contribution in [0.2, 0.25) is 0 Å². The van der Waals surface area contributed by atoms with Crippen LogP contribution >= 0.6 is 31.9 Å². The Morgan fingerprint density at radius 3 is 1.28 bits per heavy atom. The number of fused-ring (bicyclic) bond motifs is 2. The van der Waals surface area contributed by atoms with Gasteiger partial charge in [0, 0.05) is 31.9 Å². The lowest BCUT2D eigenvalue weighted by Crippen LogP contribution is -1.91. The number of carbonyl (C=O) groups is 2. The van der Waals surface area contributed by atoms with Crippen LogP contribution in [0.5, 0.6) is 0 Å². The fraction of sp³-hybridized carbons (Fsp3) is 0.182. The third-order valence-corrected chi connectivity index (χ3v) is 4.97. The van der Waals surface area contributed by atoms with Crippen LogP contribution in [0.1, 0.15) is 48.8 Å². The average molecular weight is 578 g/mol. The SMILES string of the molecule is CC.CC.O=C(O)c1cc2c(Br)ccc(F)c2o1.O=C(O)c1cc2c(Br)ccc(F)c2o1. The molecule has 4 rings (SSSR count). The van der Waals surface area contributed by atoms with E-state index in [1.54, 1.807) is 0 Å². The molecule has 0 radical (unpaired) electrons. The Balaban J connectivity index is 0.000000277. The molecule has 2 N–H and O–H groups in total. The summed E-state index contributed by atoms with van der Waals surface area (Å²) < 4.78 is 37.1. The molecule has 0 fully saturated rings. The van der Waals surface area contributed by atoms with Crippen molar-refractivity contribution in [3.63, 3.8) is 0 Å². The molecule has 0 aliphatic rings. The quantitative estimate of drug-likeness (QED) is 0.249. The molecular weight excluding hydrogens is 558 g/mol. The number of carboxylic acid groups (broad SMARTS) is 2. The second kappa shape index (κ2) is 12.4. The summed E-state index contributed by atoms with van der Waals surface area (Å²) in [5, 5.41) is 18.1. The van der Waals surface area contributed by atoms with Crippen molar-refractivity contribution in [2.24, 2.45) is 0 Å². The second-order valence-corrected chi connectivity index (χ2v) is 7.08. The molecule has 2 aromatic heterocycles. The number of hydrogen-bond acceptors (Lipinski definition) is 4. The van der Waals surface area contributed by atoms with Crippen molar-refractivity contribution in [1.82, 2.24) is 0 Å². The predicted molar refractivity (Wildman–Crippen MR) is 124 cm³/mol. The van der Waals surface area contributed by atoms with Gasteiger partial charge in [0.05, 0.1) is 0 Å². The van der Waals surface area contributed by atoms with E-state index in [4.69, 9.17) is 19.0 Å². The monoisotopic (exact) mass is 576 g/mol. The zero-order valence-corrected chi connectivity index (χ0v) is 20.7. The lowest BCUT2D eigenvalue weighted by atomic mass is 10.2. The molecule has 0 aliphatic carbocycles. The van der Waals surface area contributed by atoms with E-state index < -0.39 is 23.6 Å². The Morgan fingerprint density at radius 1 is 0.719 bits per heavy atom. The first kappa shape index (κ1) is 27.3. The number of aromatic carboxylic acids is 2. The van der Waals surface area contributed by atoms with Crippen molar-refractivity contribution < 1.29 is 37.4 Å². The molecule has 2 aromatic carbocycles. The van der Waals surface area contributed by atoms with Crippen LogP contribution in [0.4, 0.5) is 8.78 Å². The zero-order valence-electron chi connectivity index (χ0n) is 17.5. The summed E-state index contributed by atoms with van der Waals surface area (Å²) in [4.78, 5) is 21.1. The van der Waals surface area contributed by atoms with Crippen molar-refractivity contribution in [1.29, 1.82) is 0 Å². The summed E-state index contributed by atoms with van der Waals surface area (Å²) in [6.45, 7) is 8.00. The number of halogens is 4. The maximum absolute atomic E-state index is 13.1. The molecule has 4 aromatic rings. The van der Waals surface area contributed by atoms with Crippen LogP contribution in [0.15, 0.2) is 54.2 Å². The minimum absolute atomic E-state index is 0.0447. The van der Waals surface area contributed by atoms with E-state index >= 15 is 0 Å². The number of furan rings is 2. The normalized spacial score (nSPS) is 9.75. The first-order valence-corrected chi connectivity index (χ1v) is 11.0. The first-order valence-electron chi connectivity index (χ1n) is 9.40. The summed E-state index contributed by atoms with van der Waals surface area (Å²) in [6, 6.07) is 7.98. The Kier molecular flexibility index (Phi) is 10.5. The predicted octanol–water partition coefficient (Wildman–Crippen LogP) is 8.12. The Morgan fingerprint density at radius 2 is 1.03 bits per heavy atom. The van der Waals surface area contributed by atoms with Gasteiger partial charge in [0.15, 0.2) is 22.8 Å². The smallest absolute Gasteiger partial charge is 0.371 e. The van der Waals surface area contributed by atoms with E-state index in [0.717, 1.165) is 0 Å². The van der Waals surface area contributed by atoms with Crippen molar-refractivity contribution in [2.45, 2.75) is 27.7 Å². The van der Waals surface area contributed by atoms with Crippen LogP contribution in [0, 0.1) is 11.6 Å². The third-order valence-electron chi connectivity index (χ3n) is 3.59. The van der Waals surface area contributed by atoms with Gasteiger partial charge in [-0.2, -0.15) is 0 Å². The number of carboxylic acids is 2. The van der Waals surface area contributed by atoms with Gasteiger partial charge in [0.1, 0.15) is 0 Å². The van der Waals surface area contributed by atoms with Crippen molar-refractivity contribution >= 4 is 65.7 Å². The molecule has 32 heavy (non-hydrogen) atoms. The highest BCUT2D eigenvalue weighted by molar-refractivity contribution is 9.11. The van der Waals surface area contributed by atoms with Gasteiger partial charge >= 0.3 is 11.9 Å². The maximum atomic E-state index is 13.1. The molecule has 0 bridgehead atoms. The van der Waals surface area contributed by atoms with E-state index in [1.165, 1.54) is 36.4 Å². The second-order valence-electron chi connectivity index (χ2n) is 5.38. The Bertz CT molecular complexity index is 1060. The van der Waals surface area contributed by atoms with E-state index in [-0.39, 0.29) is 22.7 Å². The van der Waals surface area contributed by atoms with Gasteiger partial charge in [0.2, 0.25) is 11.5 Å². The van der Waals surface area contributed by atoms with Gasteiger partial charge in [-0.3, -0.25) is 0 Å². The zero-order chi connectivity index (χ0) is 24.6. The van der Waals surface area contributed by atoms with Crippen LogP contribution in [-0.2, 0) is 0 Å². The van der Waals surface area contributed by atoms with Gasteiger partial charge in [-0.05, 0) is 24.3 Å². The fourth-order valence-electron chi connectivity index (χ4n) is 2.33. The number of rotatable bonds is 2. The summed E-state index contributed by atoms with van der Waals surface area (Å²) in [7, 11) is 0. The first-order chi connectivity index (χ1) is 15.2. The molecule has 0 amide bonds. The lowest BCUT2D eigenvalue weighted by molar-refractivity contribution is 0.0655. The van der Waals surface area contributed by atoms with Gasteiger partial charge in [-0.15, -0.1) is 0 Å². The topological polar surface area (TPSA) is 101 Å². The maximum Gasteiger partial charge on any atom is 0.371 e. The average Bonchev–Trinajstić information content (AvgIpc) is 3.44. The van der Waals surface area contributed by atoms with Crippen LogP contribution in [0.25, 0.3) is 21.9 Å². The van der Waals surface area contributed by atoms with Crippen LogP contribution in [0.3, 0.4) is 0 Å². The van der Waals surface area contributed by atoms with Crippen LogP contribution < -0.4 is 0 Å². The number of benzene rings is 2. The van der Waals surface area contributed by atoms with Gasteiger partial charge in [-0.25, -0.2) is 18.4 Å². The Labute approximate surface area is 199 Å².